The van der Waals surface area contributed by atoms with E-state index in [-0.39, 0.29) is 36.8 Å². The number of carbonyl (C=O) groups is 1. The molecule has 178 valence electrons. The molecule has 0 spiro atoms. The van der Waals surface area contributed by atoms with Gasteiger partial charge in [-0.05, 0) is 0 Å². The number of ether oxygens (including phenoxy) is 2. The molecule has 4 heterocycles. The fourth-order valence-corrected chi connectivity index (χ4v) is 7.19. The third-order valence-electron chi connectivity index (χ3n) is 5.84. The normalized spacial score (nSPS) is 19.4. The number of nitrogens with one attached hydrogen (secondary N) is 3. The molecule has 2 aromatic heterocycles. The van der Waals surface area contributed by atoms with Crippen LogP contribution < -0.4 is 41.3 Å². The van der Waals surface area contributed by atoms with Crippen LogP contribution in [0.4, 0.5) is 15.8 Å². The summed E-state index contributed by atoms with van der Waals surface area (Å²) in [5.74, 6) is 0.0627. The number of carbonyl (C=O) groups excluding carboxylic acids is 1. The van der Waals surface area contributed by atoms with E-state index in [2.05, 4.69) is 33.6 Å². The van der Waals surface area contributed by atoms with Crippen LogP contribution >= 0.6 is 0 Å². The van der Waals surface area contributed by atoms with Crippen molar-refractivity contribution in [3.63, 3.8) is 0 Å². The number of halogens is 2. The second kappa shape index (κ2) is 9.65. The number of anilines is 2. The fourth-order valence-electron chi connectivity index (χ4n) is 4.22. The Kier molecular flexibility index (Phi) is 6.44. The van der Waals surface area contributed by atoms with Crippen molar-refractivity contribution in [3.8, 4) is 22.8 Å². The van der Waals surface area contributed by atoms with Crippen molar-refractivity contribution in [1.82, 2.24) is 15.3 Å². The molecule has 7 nitrogen and oxygen atoms in total. The molecular formula is C25H25FIN4O3-. The van der Waals surface area contributed by atoms with Gasteiger partial charge in [-0.25, -0.2) is 0 Å². The molecule has 0 saturated carbocycles. The standard InChI is InChI=1S/C25H25FIN4O3/c1-14-5-4-10-34-19-13-28-9-8-15(19)21-23(30-18-7-3-6-16(26)24(18)33-2)20-22(31-21)17(27-11-14)12-29-25(20)32/h3,5-9,13,17,30-31H,4,10-12H2,1-2H3,(H,29,32)/q-1/b14-5-. The van der Waals surface area contributed by atoms with E-state index in [1.54, 1.807) is 24.5 Å². The van der Waals surface area contributed by atoms with Gasteiger partial charge in [-0.1, -0.05) is 0 Å². The number of benzene rings is 1. The number of fused-ring (bicyclic) bond motifs is 3. The Hall–Kier alpha value is -3.08. The minimum absolute atomic E-state index is 0.0879. The number of alkyl halides is 2. The molecule has 1 amide bonds. The summed E-state index contributed by atoms with van der Waals surface area (Å²) >= 11 is -0.271. The molecule has 1 unspecified atom stereocenters. The van der Waals surface area contributed by atoms with Crippen LogP contribution in [0, 0.1) is 5.82 Å². The summed E-state index contributed by atoms with van der Waals surface area (Å²) in [5.41, 5.74) is 5.32. The van der Waals surface area contributed by atoms with Gasteiger partial charge >= 0.3 is 208 Å². The number of amides is 1. The summed E-state index contributed by atoms with van der Waals surface area (Å²) in [7, 11) is 1.42. The zero-order valence-corrected chi connectivity index (χ0v) is 21.0. The zero-order chi connectivity index (χ0) is 23.7. The first kappa shape index (κ1) is 22.7. The number of allylic oxidation sites excluding steroid dienone is 1. The van der Waals surface area contributed by atoms with Crippen LogP contribution in [0.5, 0.6) is 11.5 Å². The number of pyridine rings is 1. The van der Waals surface area contributed by atoms with E-state index in [0.717, 1.165) is 22.1 Å². The number of rotatable bonds is 3. The van der Waals surface area contributed by atoms with Crippen molar-refractivity contribution in [1.29, 1.82) is 0 Å². The van der Waals surface area contributed by atoms with Gasteiger partial charge < -0.3 is 0 Å². The molecule has 1 atom stereocenters. The third kappa shape index (κ3) is 4.24. The van der Waals surface area contributed by atoms with Crippen LogP contribution in [0.25, 0.3) is 11.3 Å². The summed E-state index contributed by atoms with van der Waals surface area (Å²) in [6, 6.07) is 6.54. The summed E-state index contributed by atoms with van der Waals surface area (Å²) < 4.78 is 27.1. The van der Waals surface area contributed by atoms with Crippen LogP contribution in [0.15, 0.2) is 48.3 Å². The first-order valence-electron chi connectivity index (χ1n) is 11.0. The van der Waals surface area contributed by atoms with E-state index >= 15 is 0 Å². The fraction of sp³-hybridized carbons (Fsp3) is 0.280. The Labute approximate surface area is 207 Å². The molecule has 0 aliphatic carbocycles. The van der Waals surface area contributed by atoms with E-state index in [1.165, 1.54) is 18.7 Å². The van der Waals surface area contributed by atoms with Crippen LogP contribution in [0.1, 0.15) is 33.3 Å². The van der Waals surface area contributed by atoms with Crippen LogP contribution in [-0.4, -0.2) is 40.6 Å². The molecule has 0 radical (unpaired) electrons. The molecule has 3 N–H and O–H groups in total. The average Bonchev–Trinajstić information content (AvgIpc) is 3.21. The Balaban J connectivity index is 1.72. The predicted octanol–water partition coefficient (Wildman–Crippen LogP) is 1.57. The number of H-pyrrole nitrogens is 1. The van der Waals surface area contributed by atoms with Gasteiger partial charge in [-0.15, -0.1) is 0 Å². The zero-order valence-electron chi connectivity index (χ0n) is 18.9. The van der Waals surface area contributed by atoms with Gasteiger partial charge in [0.1, 0.15) is 0 Å². The van der Waals surface area contributed by atoms with E-state index in [9.17, 15) is 9.18 Å². The summed E-state index contributed by atoms with van der Waals surface area (Å²) in [4.78, 5) is 20.9. The number of hydrogen-bond acceptors (Lipinski definition) is 5. The van der Waals surface area contributed by atoms with E-state index < -0.39 is 5.82 Å². The minimum atomic E-state index is -0.482. The molecular weight excluding hydrogens is 550 g/mol. The SMILES string of the molecule is COc1c(F)cccc1Nc1c2[nH]c3c1C(=O)NCC3[I-]C/C(C)=C\CCOc1cnccc1-2. The van der Waals surface area contributed by atoms with Gasteiger partial charge in [0.05, 0.1) is 0 Å². The van der Waals surface area contributed by atoms with E-state index in [4.69, 9.17) is 9.47 Å². The molecule has 2 aliphatic heterocycles. The topological polar surface area (TPSA) is 88.3 Å². The van der Waals surface area contributed by atoms with E-state index in [1.807, 2.05) is 6.07 Å². The second-order valence-electron chi connectivity index (χ2n) is 8.13. The summed E-state index contributed by atoms with van der Waals surface area (Å²) in [6.07, 6.45) is 6.43. The van der Waals surface area contributed by atoms with E-state index in [0.29, 0.717) is 41.5 Å². The third-order valence-corrected chi connectivity index (χ3v) is 9.61. The number of hydrogen-bond donors (Lipinski definition) is 3. The van der Waals surface area contributed by atoms with Crippen molar-refractivity contribution >= 4 is 17.3 Å². The van der Waals surface area contributed by atoms with Gasteiger partial charge in [0.15, 0.2) is 0 Å². The predicted molar refractivity (Wildman–Crippen MR) is 124 cm³/mol. The molecule has 2 bridgehead atoms. The Morgan fingerprint density at radius 2 is 2.21 bits per heavy atom. The quantitative estimate of drug-likeness (QED) is 0.251. The molecule has 5 rings (SSSR count). The molecule has 0 saturated heterocycles. The maximum atomic E-state index is 14.4. The number of methoxy groups -OCH3 is 1. The first-order chi connectivity index (χ1) is 16.6. The van der Waals surface area contributed by atoms with Crippen LogP contribution in [0.3, 0.4) is 0 Å². The first-order valence-corrected chi connectivity index (χ1v) is 13.8. The Morgan fingerprint density at radius 3 is 3.06 bits per heavy atom. The van der Waals surface area contributed by atoms with Crippen molar-refractivity contribution in [2.24, 2.45) is 0 Å². The van der Waals surface area contributed by atoms with Crippen molar-refractivity contribution in [3.05, 3.63) is 65.4 Å². The molecule has 9 heteroatoms. The molecule has 1 aromatic carbocycles. The van der Waals surface area contributed by atoms with Gasteiger partial charge in [0, 0.05) is 0 Å². The maximum absolute atomic E-state index is 14.4. The van der Waals surface area contributed by atoms with Gasteiger partial charge in [0.25, 0.3) is 0 Å². The van der Waals surface area contributed by atoms with Gasteiger partial charge in [0.2, 0.25) is 0 Å². The Morgan fingerprint density at radius 1 is 1.32 bits per heavy atom. The van der Waals surface area contributed by atoms with Gasteiger partial charge in [-0.3, -0.25) is 0 Å². The number of aromatic nitrogens is 2. The summed E-state index contributed by atoms with van der Waals surface area (Å²) in [6.45, 7) is 3.29. The molecule has 0 fully saturated rings. The van der Waals surface area contributed by atoms with Crippen LogP contribution in [-0.2, 0) is 0 Å². The van der Waals surface area contributed by atoms with Crippen molar-refractivity contribution in [2.45, 2.75) is 17.3 Å². The van der Waals surface area contributed by atoms with Crippen molar-refractivity contribution in [2.75, 3.05) is 30.0 Å². The average molecular weight is 575 g/mol. The van der Waals surface area contributed by atoms with Crippen molar-refractivity contribution < 1.29 is 39.9 Å². The second-order valence-corrected chi connectivity index (χ2v) is 11.3. The molecule has 3 aromatic rings. The summed E-state index contributed by atoms with van der Waals surface area (Å²) in [5, 5.41) is 6.37. The number of para-hydroxylation sites is 1. The van der Waals surface area contributed by atoms with Gasteiger partial charge in [-0.2, -0.15) is 0 Å². The Bertz CT molecular complexity index is 1270. The van der Waals surface area contributed by atoms with Crippen LogP contribution in [0.2, 0.25) is 0 Å². The monoisotopic (exact) mass is 575 g/mol. The number of nitrogens with zero attached hydrogens (tertiary/aromatic N) is 1. The molecule has 2 aliphatic rings. The molecule has 34 heavy (non-hydrogen) atoms. The number of aromatic amines is 1.